The lowest BCUT2D eigenvalue weighted by Gasteiger charge is -2.22. The Bertz CT molecular complexity index is 804. The molecule has 0 aliphatic heterocycles. The van der Waals surface area contributed by atoms with Crippen molar-refractivity contribution >= 4 is 10.0 Å². The van der Waals surface area contributed by atoms with Crippen molar-refractivity contribution in [2.45, 2.75) is 37.9 Å². The Balaban J connectivity index is 2.18. The van der Waals surface area contributed by atoms with Gasteiger partial charge in [0.2, 0.25) is 10.0 Å². The minimum atomic E-state index is -3.65. The molecule has 2 aromatic carbocycles. The predicted octanol–water partition coefficient (Wildman–Crippen LogP) is 3.01. The number of rotatable bonds is 8. The monoisotopic (exact) mass is 362 g/mol. The Morgan fingerprint density at radius 2 is 1.64 bits per heavy atom. The molecule has 0 atom stereocenters. The number of nitrogens with one attached hydrogen (secondary N) is 1. The summed E-state index contributed by atoms with van der Waals surface area (Å²) in [6.45, 7) is 5.27. The first-order valence-electron chi connectivity index (χ1n) is 8.25. The van der Waals surface area contributed by atoms with Crippen LogP contribution in [-0.2, 0) is 23.1 Å². The van der Waals surface area contributed by atoms with Gasteiger partial charge in [-0.3, -0.25) is 4.90 Å². The summed E-state index contributed by atoms with van der Waals surface area (Å²) in [7, 11) is -0.132. The van der Waals surface area contributed by atoms with Crippen molar-refractivity contribution in [3.8, 4) is 5.75 Å². The standard InChI is InChI=1S/C19H26N2O3S/c1-15(2)21(3)14-17-10-6-5-9-16(17)13-20-25(22,23)19-12-8-7-11-18(19)24-4/h5-12,15,20H,13-14H2,1-4H3. The van der Waals surface area contributed by atoms with Gasteiger partial charge in [-0.05, 0) is 44.2 Å². The second-order valence-corrected chi connectivity index (χ2v) is 7.99. The van der Waals surface area contributed by atoms with Crippen LogP contribution in [0.2, 0.25) is 0 Å². The maximum Gasteiger partial charge on any atom is 0.244 e. The van der Waals surface area contributed by atoms with E-state index in [2.05, 4.69) is 30.5 Å². The Morgan fingerprint density at radius 3 is 2.28 bits per heavy atom. The summed E-state index contributed by atoms with van der Waals surface area (Å²) < 4.78 is 33.1. The van der Waals surface area contributed by atoms with Crippen molar-refractivity contribution in [1.29, 1.82) is 0 Å². The predicted molar refractivity (Wildman–Crippen MR) is 100 cm³/mol. The average Bonchev–Trinajstić information content (AvgIpc) is 2.60. The van der Waals surface area contributed by atoms with Crippen LogP contribution in [0.1, 0.15) is 25.0 Å². The van der Waals surface area contributed by atoms with E-state index in [9.17, 15) is 8.42 Å². The van der Waals surface area contributed by atoms with Gasteiger partial charge in [-0.15, -0.1) is 0 Å². The number of benzene rings is 2. The third kappa shape index (κ3) is 5.04. The Morgan fingerprint density at radius 1 is 1.04 bits per heavy atom. The SMILES string of the molecule is COc1ccccc1S(=O)(=O)NCc1ccccc1CN(C)C(C)C. The largest absolute Gasteiger partial charge is 0.495 e. The molecule has 25 heavy (non-hydrogen) atoms. The smallest absolute Gasteiger partial charge is 0.244 e. The molecule has 0 heterocycles. The summed E-state index contributed by atoms with van der Waals surface area (Å²) in [6, 6.07) is 14.9. The fourth-order valence-electron chi connectivity index (χ4n) is 2.43. The molecule has 0 aromatic heterocycles. The number of para-hydroxylation sites is 1. The van der Waals surface area contributed by atoms with Crippen molar-refractivity contribution in [3.63, 3.8) is 0 Å². The number of hydrogen-bond acceptors (Lipinski definition) is 4. The molecule has 136 valence electrons. The molecule has 5 nitrogen and oxygen atoms in total. The van der Waals surface area contributed by atoms with E-state index in [0.717, 1.165) is 17.7 Å². The molecule has 0 unspecified atom stereocenters. The van der Waals surface area contributed by atoms with Gasteiger partial charge in [-0.1, -0.05) is 36.4 Å². The minimum Gasteiger partial charge on any atom is -0.495 e. The van der Waals surface area contributed by atoms with Crippen LogP contribution in [0.5, 0.6) is 5.75 Å². The summed E-state index contributed by atoms with van der Waals surface area (Å²) in [6.07, 6.45) is 0. The highest BCUT2D eigenvalue weighted by atomic mass is 32.2. The van der Waals surface area contributed by atoms with E-state index >= 15 is 0 Å². The summed E-state index contributed by atoms with van der Waals surface area (Å²) in [5.74, 6) is 0.336. The summed E-state index contributed by atoms with van der Waals surface area (Å²) >= 11 is 0. The molecule has 2 rings (SSSR count). The van der Waals surface area contributed by atoms with Gasteiger partial charge in [0.1, 0.15) is 10.6 Å². The van der Waals surface area contributed by atoms with E-state index in [1.165, 1.54) is 7.11 Å². The Hall–Kier alpha value is -1.89. The molecular formula is C19H26N2O3S. The number of hydrogen-bond donors (Lipinski definition) is 1. The van der Waals surface area contributed by atoms with Crippen LogP contribution >= 0.6 is 0 Å². The normalized spacial score (nSPS) is 11.9. The lowest BCUT2D eigenvalue weighted by molar-refractivity contribution is 0.265. The van der Waals surface area contributed by atoms with Gasteiger partial charge in [0.15, 0.2) is 0 Å². The van der Waals surface area contributed by atoms with Gasteiger partial charge >= 0.3 is 0 Å². The van der Waals surface area contributed by atoms with Gasteiger partial charge in [-0.25, -0.2) is 13.1 Å². The quantitative estimate of drug-likeness (QED) is 0.784. The summed E-state index contributed by atoms with van der Waals surface area (Å²) in [5.41, 5.74) is 2.08. The minimum absolute atomic E-state index is 0.147. The fourth-order valence-corrected chi connectivity index (χ4v) is 3.60. The van der Waals surface area contributed by atoms with Crippen LogP contribution in [0.4, 0.5) is 0 Å². The molecule has 0 fully saturated rings. The Labute approximate surface area is 150 Å². The zero-order valence-corrected chi connectivity index (χ0v) is 16.0. The van der Waals surface area contributed by atoms with E-state index in [0.29, 0.717) is 11.8 Å². The van der Waals surface area contributed by atoms with Crippen molar-refractivity contribution in [2.75, 3.05) is 14.2 Å². The number of methoxy groups -OCH3 is 1. The van der Waals surface area contributed by atoms with Crippen molar-refractivity contribution in [1.82, 2.24) is 9.62 Å². The molecule has 0 saturated carbocycles. The molecule has 0 radical (unpaired) electrons. The van der Waals surface area contributed by atoms with Gasteiger partial charge in [0.25, 0.3) is 0 Å². The first-order valence-corrected chi connectivity index (χ1v) is 9.73. The highest BCUT2D eigenvalue weighted by molar-refractivity contribution is 7.89. The maximum atomic E-state index is 12.6. The third-order valence-corrected chi connectivity index (χ3v) is 5.67. The van der Waals surface area contributed by atoms with Crippen LogP contribution in [0.3, 0.4) is 0 Å². The topological polar surface area (TPSA) is 58.6 Å². The Kier molecular flexibility index (Phi) is 6.58. The molecule has 6 heteroatoms. The van der Waals surface area contributed by atoms with Gasteiger partial charge < -0.3 is 4.74 Å². The van der Waals surface area contributed by atoms with E-state index < -0.39 is 10.0 Å². The fraction of sp³-hybridized carbons (Fsp3) is 0.368. The molecule has 0 bridgehead atoms. The lowest BCUT2D eigenvalue weighted by atomic mass is 10.1. The molecule has 1 N–H and O–H groups in total. The second-order valence-electron chi connectivity index (χ2n) is 6.25. The summed E-state index contributed by atoms with van der Waals surface area (Å²) in [4.78, 5) is 2.36. The number of sulfonamides is 1. The van der Waals surface area contributed by atoms with Crippen LogP contribution in [0.25, 0.3) is 0 Å². The lowest BCUT2D eigenvalue weighted by Crippen LogP contribution is -2.28. The van der Waals surface area contributed by atoms with E-state index in [1.54, 1.807) is 24.3 Å². The van der Waals surface area contributed by atoms with Crippen LogP contribution in [0.15, 0.2) is 53.4 Å². The molecule has 0 spiro atoms. The maximum absolute atomic E-state index is 12.6. The second kappa shape index (κ2) is 8.47. The van der Waals surface area contributed by atoms with Gasteiger partial charge in [0, 0.05) is 19.1 Å². The van der Waals surface area contributed by atoms with Crippen LogP contribution < -0.4 is 9.46 Å². The third-order valence-electron chi connectivity index (χ3n) is 4.23. The van der Waals surface area contributed by atoms with E-state index in [4.69, 9.17) is 4.74 Å². The average molecular weight is 362 g/mol. The number of ether oxygens (including phenoxy) is 1. The van der Waals surface area contributed by atoms with Crippen LogP contribution in [-0.4, -0.2) is 33.5 Å². The molecule has 0 aliphatic rings. The zero-order chi connectivity index (χ0) is 18.4. The van der Waals surface area contributed by atoms with Crippen LogP contribution in [0, 0.1) is 0 Å². The molecule has 0 aliphatic carbocycles. The molecule has 0 amide bonds. The van der Waals surface area contributed by atoms with E-state index in [-0.39, 0.29) is 11.4 Å². The first-order chi connectivity index (χ1) is 11.8. The molecule has 0 saturated heterocycles. The highest BCUT2D eigenvalue weighted by Gasteiger charge is 2.19. The molecular weight excluding hydrogens is 336 g/mol. The number of nitrogens with zero attached hydrogens (tertiary/aromatic N) is 1. The van der Waals surface area contributed by atoms with E-state index in [1.807, 2.05) is 24.3 Å². The summed E-state index contributed by atoms with van der Waals surface area (Å²) in [5, 5.41) is 0. The first kappa shape index (κ1) is 19.4. The van der Waals surface area contributed by atoms with Crippen molar-refractivity contribution in [3.05, 3.63) is 59.7 Å². The highest BCUT2D eigenvalue weighted by Crippen LogP contribution is 2.23. The molecule has 2 aromatic rings. The van der Waals surface area contributed by atoms with Gasteiger partial charge in [0.05, 0.1) is 7.11 Å². The zero-order valence-electron chi connectivity index (χ0n) is 15.2. The van der Waals surface area contributed by atoms with Crippen molar-refractivity contribution in [2.24, 2.45) is 0 Å². The van der Waals surface area contributed by atoms with Crippen molar-refractivity contribution < 1.29 is 13.2 Å². The van der Waals surface area contributed by atoms with Gasteiger partial charge in [-0.2, -0.15) is 0 Å².